The van der Waals surface area contributed by atoms with Crippen molar-refractivity contribution in [2.45, 2.75) is 11.1 Å². The topological polar surface area (TPSA) is 69.7 Å². The molecule has 1 N–H and O–H groups in total. The summed E-state index contributed by atoms with van der Waals surface area (Å²) in [4.78, 5) is 13.3. The molecule has 2 rings (SSSR count). The van der Waals surface area contributed by atoms with Crippen molar-refractivity contribution in [1.82, 2.24) is 14.5 Å². The van der Waals surface area contributed by atoms with Gasteiger partial charge in [0.05, 0.1) is 3.79 Å². The van der Waals surface area contributed by atoms with E-state index in [0.29, 0.717) is 36.9 Å². The number of piperazine rings is 1. The van der Waals surface area contributed by atoms with Crippen LogP contribution in [0, 0.1) is 0 Å². The molecular weight excluding hydrogens is 366 g/mol. The lowest BCUT2D eigenvalue weighted by molar-refractivity contribution is 0.173. The van der Waals surface area contributed by atoms with Crippen molar-refractivity contribution in [2.75, 3.05) is 32.7 Å². The fraction of sp³-hybridized carbons (Fsp3) is 0.545. The molecule has 112 valence electrons. The van der Waals surface area contributed by atoms with Crippen LogP contribution in [-0.4, -0.2) is 56.4 Å². The van der Waals surface area contributed by atoms with Crippen molar-refractivity contribution >= 4 is 43.3 Å². The fourth-order valence-electron chi connectivity index (χ4n) is 1.96. The molecular formula is C11H16BrN3O3S2. The summed E-state index contributed by atoms with van der Waals surface area (Å²) in [6.07, 6.45) is 0. The Balaban J connectivity index is 2.02. The molecule has 1 aromatic heterocycles. The van der Waals surface area contributed by atoms with Gasteiger partial charge in [0.2, 0.25) is 0 Å². The van der Waals surface area contributed by atoms with Gasteiger partial charge in [0.1, 0.15) is 4.21 Å². The number of nitrogens with one attached hydrogen (secondary N) is 1. The lowest BCUT2D eigenvalue weighted by atomic mass is 10.4. The monoisotopic (exact) mass is 381 g/mol. The van der Waals surface area contributed by atoms with Crippen molar-refractivity contribution in [1.29, 1.82) is 0 Å². The molecule has 20 heavy (non-hydrogen) atoms. The van der Waals surface area contributed by atoms with Crippen molar-refractivity contribution in [2.24, 2.45) is 0 Å². The van der Waals surface area contributed by atoms with E-state index in [4.69, 9.17) is 0 Å². The van der Waals surface area contributed by atoms with Crippen LogP contribution in [0.2, 0.25) is 0 Å². The van der Waals surface area contributed by atoms with Gasteiger partial charge < -0.3 is 10.2 Å². The van der Waals surface area contributed by atoms with Gasteiger partial charge in [-0.2, -0.15) is 4.31 Å². The van der Waals surface area contributed by atoms with Crippen LogP contribution in [0.4, 0.5) is 4.79 Å². The highest BCUT2D eigenvalue weighted by molar-refractivity contribution is 9.11. The fourth-order valence-corrected chi connectivity index (χ4v) is 5.54. The van der Waals surface area contributed by atoms with E-state index in [1.165, 1.54) is 15.6 Å². The zero-order valence-electron chi connectivity index (χ0n) is 11.0. The van der Waals surface area contributed by atoms with Crippen molar-refractivity contribution in [3.8, 4) is 0 Å². The standard InChI is InChI=1S/C11H16BrN3O3S2/c1-2-13-11(16)14-5-7-15(8-6-14)20(17,18)10-4-3-9(12)19-10/h3-4H,2,5-8H2,1H3,(H,13,16). The molecule has 0 saturated carbocycles. The number of hydrogen-bond donors (Lipinski definition) is 1. The second-order valence-electron chi connectivity index (χ2n) is 4.29. The average Bonchev–Trinajstić information content (AvgIpc) is 2.86. The summed E-state index contributed by atoms with van der Waals surface area (Å²) in [5.41, 5.74) is 0. The first-order chi connectivity index (χ1) is 9.45. The Morgan fingerprint density at radius 1 is 1.35 bits per heavy atom. The highest BCUT2D eigenvalue weighted by Crippen LogP contribution is 2.28. The molecule has 6 nitrogen and oxygen atoms in total. The Kier molecular flexibility index (Phi) is 5.05. The van der Waals surface area contributed by atoms with E-state index in [2.05, 4.69) is 21.2 Å². The van der Waals surface area contributed by atoms with Crippen LogP contribution in [-0.2, 0) is 10.0 Å². The van der Waals surface area contributed by atoms with Crippen LogP contribution in [0.5, 0.6) is 0 Å². The molecule has 0 spiro atoms. The quantitative estimate of drug-likeness (QED) is 0.863. The minimum absolute atomic E-state index is 0.136. The number of halogens is 1. The lowest BCUT2D eigenvalue weighted by Crippen LogP contribution is -2.52. The number of carbonyl (C=O) groups excluding carboxylic acids is 1. The number of urea groups is 1. The molecule has 1 aliphatic rings. The van der Waals surface area contributed by atoms with Gasteiger partial charge >= 0.3 is 6.03 Å². The predicted octanol–water partition coefficient (Wildman–Crippen LogP) is 1.55. The predicted molar refractivity (Wildman–Crippen MR) is 81.4 cm³/mol. The molecule has 0 radical (unpaired) electrons. The molecule has 0 aromatic carbocycles. The SMILES string of the molecule is CCNC(=O)N1CCN(S(=O)(=O)c2ccc(Br)s2)CC1. The van der Waals surface area contributed by atoms with Crippen molar-refractivity contribution in [3.05, 3.63) is 15.9 Å². The van der Waals surface area contributed by atoms with Gasteiger partial charge in [-0.25, -0.2) is 13.2 Å². The minimum Gasteiger partial charge on any atom is -0.338 e. The Morgan fingerprint density at radius 3 is 2.50 bits per heavy atom. The largest absolute Gasteiger partial charge is 0.338 e. The average molecular weight is 382 g/mol. The number of rotatable bonds is 3. The van der Waals surface area contributed by atoms with E-state index >= 15 is 0 Å². The summed E-state index contributed by atoms with van der Waals surface area (Å²) >= 11 is 4.47. The number of hydrogen-bond acceptors (Lipinski definition) is 4. The van der Waals surface area contributed by atoms with Crippen LogP contribution in [0.15, 0.2) is 20.1 Å². The van der Waals surface area contributed by atoms with E-state index in [9.17, 15) is 13.2 Å². The molecule has 0 atom stereocenters. The van der Waals surface area contributed by atoms with E-state index in [1.54, 1.807) is 17.0 Å². The number of carbonyl (C=O) groups is 1. The summed E-state index contributed by atoms with van der Waals surface area (Å²) < 4.78 is 27.3. The molecule has 1 fully saturated rings. The highest BCUT2D eigenvalue weighted by Gasteiger charge is 2.30. The first kappa shape index (κ1) is 15.7. The third kappa shape index (κ3) is 3.33. The number of amides is 2. The minimum atomic E-state index is -3.44. The van der Waals surface area contributed by atoms with Gasteiger partial charge in [0.15, 0.2) is 0 Å². The van der Waals surface area contributed by atoms with E-state index in [1.807, 2.05) is 6.92 Å². The normalized spacial score (nSPS) is 17.2. The number of thiophene rings is 1. The lowest BCUT2D eigenvalue weighted by Gasteiger charge is -2.33. The van der Waals surface area contributed by atoms with Crippen molar-refractivity contribution < 1.29 is 13.2 Å². The van der Waals surface area contributed by atoms with E-state index in [0.717, 1.165) is 3.79 Å². The van der Waals surface area contributed by atoms with Crippen LogP contribution in [0.3, 0.4) is 0 Å². The van der Waals surface area contributed by atoms with Gasteiger partial charge in [-0.3, -0.25) is 0 Å². The zero-order valence-corrected chi connectivity index (χ0v) is 14.2. The third-order valence-electron chi connectivity index (χ3n) is 3.00. The summed E-state index contributed by atoms with van der Waals surface area (Å²) in [5, 5.41) is 2.72. The maximum Gasteiger partial charge on any atom is 0.317 e. The highest BCUT2D eigenvalue weighted by atomic mass is 79.9. The second-order valence-corrected chi connectivity index (χ2v) is 8.91. The van der Waals surface area contributed by atoms with Crippen LogP contribution >= 0.6 is 27.3 Å². The molecule has 1 aromatic rings. The Labute approximate surface area is 130 Å². The number of nitrogens with zero attached hydrogens (tertiary/aromatic N) is 2. The Bertz CT molecular complexity index is 579. The summed E-state index contributed by atoms with van der Waals surface area (Å²) in [7, 11) is -3.44. The maximum atomic E-state index is 12.4. The smallest absolute Gasteiger partial charge is 0.317 e. The van der Waals surface area contributed by atoms with Gasteiger partial charge in [-0.05, 0) is 35.0 Å². The van der Waals surface area contributed by atoms with Gasteiger partial charge in [0.25, 0.3) is 10.0 Å². The van der Waals surface area contributed by atoms with Crippen LogP contribution < -0.4 is 5.32 Å². The first-order valence-corrected chi connectivity index (χ1v) is 9.28. The van der Waals surface area contributed by atoms with E-state index in [-0.39, 0.29) is 6.03 Å². The summed E-state index contributed by atoms with van der Waals surface area (Å²) in [5.74, 6) is 0. The molecule has 1 saturated heterocycles. The molecule has 0 bridgehead atoms. The third-order valence-corrected chi connectivity index (χ3v) is 6.99. The summed E-state index contributed by atoms with van der Waals surface area (Å²) in [6, 6.07) is 3.19. The second kappa shape index (κ2) is 6.42. The Morgan fingerprint density at radius 2 is 2.00 bits per heavy atom. The van der Waals surface area contributed by atoms with Crippen LogP contribution in [0.1, 0.15) is 6.92 Å². The molecule has 2 heterocycles. The number of sulfonamides is 1. The van der Waals surface area contributed by atoms with E-state index < -0.39 is 10.0 Å². The maximum absolute atomic E-state index is 12.4. The first-order valence-electron chi connectivity index (χ1n) is 6.23. The van der Waals surface area contributed by atoms with Gasteiger partial charge in [0, 0.05) is 32.7 Å². The molecule has 0 unspecified atom stereocenters. The van der Waals surface area contributed by atoms with Gasteiger partial charge in [-0.15, -0.1) is 11.3 Å². The van der Waals surface area contributed by atoms with Crippen LogP contribution in [0.25, 0.3) is 0 Å². The zero-order chi connectivity index (χ0) is 14.8. The van der Waals surface area contributed by atoms with Crippen molar-refractivity contribution in [3.63, 3.8) is 0 Å². The molecule has 2 amide bonds. The molecule has 0 aliphatic carbocycles. The molecule has 1 aliphatic heterocycles. The van der Waals surface area contributed by atoms with Gasteiger partial charge in [-0.1, -0.05) is 0 Å². The Hall–Kier alpha value is -0.640. The molecule has 9 heteroatoms. The summed E-state index contributed by atoms with van der Waals surface area (Å²) in [6.45, 7) is 3.91.